The molecule has 2 rings (SSSR count). The van der Waals surface area contributed by atoms with E-state index in [-0.39, 0.29) is 12.9 Å². The Labute approximate surface area is 313 Å². The number of rotatable bonds is 36. The molecule has 7 atom stereocenters. The molecule has 8 nitrogen and oxygen atoms in total. The van der Waals surface area contributed by atoms with E-state index in [9.17, 15) is 5.11 Å². The summed E-state index contributed by atoms with van der Waals surface area (Å²) >= 11 is 0. The second-order valence-electron chi connectivity index (χ2n) is 14.9. The Kier molecular flexibility index (Phi) is 27.1. The van der Waals surface area contributed by atoms with Crippen molar-refractivity contribution in [2.75, 3.05) is 41.7 Å². The highest BCUT2D eigenvalue weighted by molar-refractivity contribution is 5.27. The van der Waals surface area contributed by atoms with Crippen molar-refractivity contribution in [3.63, 3.8) is 0 Å². The average Bonchev–Trinajstić information content (AvgIpc) is 3.97. The molecule has 7 unspecified atom stereocenters. The lowest BCUT2D eigenvalue weighted by Gasteiger charge is -2.24. The molecule has 51 heavy (non-hydrogen) atoms. The first-order valence-electron chi connectivity index (χ1n) is 20.7. The summed E-state index contributed by atoms with van der Waals surface area (Å²) in [5, 5.41) is 9.56. The van der Waals surface area contributed by atoms with Gasteiger partial charge in [-0.15, -0.1) is 0 Å². The van der Waals surface area contributed by atoms with Crippen LogP contribution in [0.15, 0.2) is 24.3 Å². The predicted molar refractivity (Wildman–Crippen MR) is 207 cm³/mol. The number of aryl methyl sites for hydroxylation is 1. The fraction of sp³-hybridized carbons (Fsp3) is 0.860. The fourth-order valence-corrected chi connectivity index (χ4v) is 7.20. The van der Waals surface area contributed by atoms with Crippen LogP contribution in [0.1, 0.15) is 154 Å². The lowest BCUT2D eigenvalue weighted by atomic mass is 9.94. The zero-order valence-electron chi connectivity index (χ0n) is 33.6. The minimum Gasteiger partial charge on any atom is -0.462 e. The van der Waals surface area contributed by atoms with Crippen LogP contribution >= 0.6 is 0 Å². The van der Waals surface area contributed by atoms with Gasteiger partial charge in [0.25, 0.3) is 0 Å². The number of ether oxygens (including phenoxy) is 7. The van der Waals surface area contributed by atoms with Crippen LogP contribution in [0.25, 0.3) is 0 Å². The van der Waals surface area contributed by atoms with Crippen LogP contribution in [-0.4, -0.2) is 83.8 Å². The molecule has 1 heterocycles. The third-order valence-corrected chi connectivity index (χ3v) is 10.8. The summed E-state index contributed by atoms with van der Waals surface area (Å²) in [4.78, 5) is 0. The zero-order valence-corrected chi connectivity index (χ0v) is 33.6. The van der Waals surface area contributed by atoms with Crippen molar-refractivity contribution in [2.45, 2.75) is 192 Å². The number of benzene rings is 1. The zero-order chi connectivity index (χ0) is 36.9. The maximum Gasteiger partial charge on any atom is 0.231 e. The first-order valence-corrected chi connectivity index (χ1v) is 20.7. The van der Waals surface area contributed by atoms with E-state index in [0.717, 1.165) is 32.1 Å². The molecule has 0 aliphatic carbocycles. The normalized spacial score (nSPS) is 17.9. The van der Waals surface area contributed by atoms with Crippen LogP contribution in [0.4, 0.5) is 0 Å². The number of hydrogen-bond acceptors (Lipinski definition) is 8. The molecule has 0 aromatic heterocycles. The molecule has 1 aromatic rings. The fourth-order valence-electron chi connectivity index (χ4n) is 7.20. The Balaban J connectivity index is 1.38. The highest BCUT2D eigenvalue weighted by Crippen LogP contribution is 2.24. The van der Waals surface area contributed by atoms with Crippen molar-refractivity contribution in [1.82, 2.24) is 0 Å². The Morgan fingerprint density at radius 3 is 1.57 bits per heavy atom. The molecular weight excluding hydrogens is 644 g/mol. The number of epoxide rings is 1. The summed E-state index contributed by atoms with van der Waals surface area (Å²) in [6.45, 7) is 4.89. The monoisotopic (exact) mass is 723 g/mol. The van der Waals surface area contributed by atoms with E-state index >= 15 is 0 Å². The van der Waals surface area contributed by atoms with Gasteiger partial charge < -0.3 is 38.3 Å². The van der Waals surface area contributed by atoms with E-state index < -0.39 is 12.4 Å². The SMILES string of the molecule is CCC(OC)C(C)CCCCC(CC(CCCCCCCCCCCCCCCCc1ccc(OC(OC2CO2)C(CO)OC)cc1)OC)OC. The molecule has 0 radical (unpaired) electrons. The Bertz CT molecular complexity index is 902. The van der Waals surface area contributed by atoms with Gasteiger partial charge >= 0.3 is 0 Å². The van der Waals surface area contributed by atoms with Gasteiger partial charge in [-0.05, 0) is 68.6 Å². The third kappa shape index (κ3) is 21.9. The van der Waals surface area contributed by atoms with Crippen LogP contribution in [0.2, 0.25) is 0 Å². The van der Waals surface area contributed by atoms with Gasteiger partial charge in [0.2, 0.25) is 6.29 Å². The highest BCUT2D eigenvalue weighted by Gasteiger charge is 2.33. The first kappa shape index (κ1) is 45.9. The van der Waals surface area contributed by atoms with Crippen LogP contribution in [0, 0.1) is 5.92 Å². The van der Waals surface area contributed by atoms with Crippen LogP contribution in [-0.2, 0) is 34.8 Å². The predicted octanol–water partition coefficient (Wildman–Crippen LogP) is 10.2. The van der Waals surface area contributed by atoms with Gasteiger partial charge in [0, 0.05) is 28.4 Å². The summed E-state index contributed by atoms with van der Waals surface area (Å²) in [7, 11) is 7.10. The van der Waals surface area contributed by atoms with Crippen molar-refractivity contribution in [1.29, 1.82) is 0 Å². The molecule has 1 aliphatic heterocycles. The molecule has 0 bridgehead atoms. The molecule has 0 saturated carbocycles. The van der Waals surface area contributed by atoms with Crippen LogP contribution in [0.3, 0.4) is 0 Å². The Hall–Kier alpha value is -1.26. The second kappa shape index (κ2) is 30.1. The van der Waals surface area contributed by atoms with E-state index in [2.05, 4.69) is 26.0 Å². The molecule has 1 saturated heterocycles. The van der Waals surface area contributed by atoms with E-state index in [1.54, 1.807) is 0 Å². The highest BCUT2D eigenvalue weighted by atomic mass is 16.8. The number of unbranched alkanes of at least 4 members (excludes halogenated alkanes) is 14. The summed E-state index contributed by atoms with van der Waals surface area (Å²) < 4.78 is 39.4. The van der Waals surface area contributed by atoms with Crippen molar-refractivity contribution >= 4 is 0 Å². The van der Waals surface area contributed by atoms with Gasteiger partial charge in [-0.2, -0.15) is 0 Å². The molecule has 0 spiro atoms. The van der Waals surface area contributed by atoms with Crippen LogP contribution < -0.4 is 4.74 Å². The van der Waals surface area contributed by atoms with Gasteiger partial charge in [-0.1, -0.05) is 122 Å². The van der Waals surface area contributed by atoms with Crippen LogP contribution in [0.5, 0.6) is 5.75 Å². The minimum absolute atomic E-state index is 0.184. The third-order valence-electron chi connectivity index (χ3n) is 10.8. The standard InChI is InChI=1S/C43H78O8/c1-7-40(47-5)35(2)24-22-23-27-39(46-4)32-38(45-3)26-21-19-17-15-13-11-9-8-10-12-14-16-18-20-25-36-28-30-37(31-29-36)50-43(41(33-44)48-6)51-42-34-49-42/h28-31,35,38-44H,7-27,32-34H2,1-6H3. The topological polar surface area (TPSA) is 88.1 Å². The minimum atomic E-state index is -0.704. The van der Waals surface area contributed by atoms with Gasteiger partial charge in [0.15, 0.2) is 6.29 Å². The lowest BCUT2D eigenvalue weighted by Crippen LogP contribution is -2.39. The molecule has 1 N–H and O–H groups in total. The van der Waals surface area contributed by atoms with Gasteiger partial charge in [0.05, 0.1) is 24.9 Å². The van der Waals surface area contributed by atoms with E-state index in [1.807, 2.05) is 33.5 Å². The molecule has 1 fully saturated rings. The van der Waals surface area contributed by atoms with Crippen molar-refractivity contribution < 1.29 is 38.3 Å². The molecule has 298 valence electrons. The summed E-state index contributed by atoms with van der Waals surface area (Å²) in [6, 6.07) is 8.17. The summed E-state index contributed by atoms with van der Waals surface area (Å²) in [6.07, 6.45) is 27.4. The maximum absolute atomic E-state index is 9.56. The van der Waals surface area contributed by atoms with E-state index in [4.69, 9.17) is 33.2 Å². The lowest BCUT2D eigenvalue weighted by molar-refractivity contribution is -0.186. The first-order chi connectivity index (χ1) is 25.0. The van der Waals surface area contributed by atoms with E-state index in [1.165, 1.54) is 122 Å². The number of aliphatic hydroxyl groups excluding tert-OH is 1. The molecule has 8 heteroatoms. The summed E-state index contributed by atoms with van der Waals surface area (Å²) in [5.74, 6) is 1.33. The number of aliphatic hydroxyl groups is 1. The molecular formula is C43H78O8. The number of hydrogen-bond donors (Lipinski definition) is 1. The second-order valence-corrected chi connectivity index (χ2v) is 14.9. The van der Waals surface area contributed by atoms with Crippen molar-refractivity contribution in [2.24, 2.45) is 5.92 Å². The maximum atomic E-state index is 9.56. The van der Waals surface area contributed by atoms with Gasteiger partial charge in [-0.25, -0.2) is 0 Å². The van der Waals surface area contributed by atoms with Crippen molar-refractivity contribution in [3.05, 3.63) is 29.8 Å². The summed E-state index contributed by atoms with van der Waals surface area (Å²) in [5.41, 5.74) is 1.32. The quantitative estimate of drug-likeness (QED) is 0.0416. The van der Waals surface area contributed by atoms with Gasteiger partial charge in [-0.3, -0.25) is 0 Å². The van der Waals surface area contributed by atoms with E-state index in [0.29, 0.717) is 36.6 Å². The molecule has 1 aromatic carbocycles. The average molecular weight is 723 g/mol. The molecule has 0 amide bonds. The largest absolute Gasteiger partial charge is 0.462 e. The molecule has 1 aliphatic rings. The van der Waals surface area contributed by atoms with Gasteiger partial charge in [0.1, 0.15) is 18.5 Å². The smallest absolute Gasteiger partial charge is 0.231 e. The Morgan fingerprint density at radius 1 is 0.647 bits per heavy atom. The van der Waals surface area contributed by atoms with Crippen molar-refractivity contribution in [3.8, 4) is 5.75 Å². The Morgan fingerprint density at radius 2 is 1.12 bits per heavy atom. The number of methoxy groups -OCH3 is 4.